The van der Waals surface area contributed by atoms with Gasteiger partial charge in [-0.25, -0.2) is 4.68 Å². The first kappa shape index (κ1) is 19.5. The third-order valence-electron chi connectivity index (χ3n) is 4.48. The second-order valence-corrected chi connectivity index (χ2v) is 8.30. The normalized spacial score (nSPS) is 11.0. The highest BCUT2D eigenvalue weighted by Gasteiger charge is 2.18. The number of benzene rings is 2. The van der Waals surface area contributed by atoms with Crippen molar-refractivity contribution in [3.05, 3.63) is 85.4 Å². The summed E-state index contributed by atoms with van der Waals surface area (Å²) in [6.45, 7) is 2.06. The number of hydrogen-bond donors (Lipinski definition) is 0. The highest BCUT2D eigenvalue weighted by Crippen LogP contribution is 2.28. The Morgan fingerprint density at radius 3 is 2.03 bits per heavy atom. The topological polar surface area (TPSA) is 78.8 Å². The molecule has 0 saturated heterocycles. The van der Waals surface area contributed by atoms with Gasteiger partial charge in [0.25, 0.3) is 0 Å². The molecule has 2 heterocycles. The van der Waals surface area contributed by atoms with Crippen LogP contribution in [0.1, 0.15) is 5.69 Å². The molecule has 0 aliphatic carbocycles. The van der Waals surface area contributed by atoms with Gasteiger partial charge in [0.05, 0.1) is 28.2 Å². The summed E-state index contributed by atoms with van der Waals surface area (Å²) >= 11 is 6.91. The van der Waals surface area contributed by atoms with Gasteiger partial charge in [0, 0.05) is 14.5 Å². The number of rotatable bonds is 5. The van der Waals surface area contributed by atoms with E-state index in [1.807, 2.05) is 59.3 Å². The minimum atomic E-state index is -0.491. The SMILES string of the molecule is Cc1cc([N+](=O)[O-])nn1Cn1nc(-c2ccc(Br)cc2)cc1-c1ccc(Br)cc1. The van der Waals surface area contributed by atoms with E-state index in [-0.39, 0.29) is 12.5 Å². The number of hydrogen-bond acceptors (Lipinski definition) is 4. The molecule has 0 unspecified atom stereocenters. The molecule has 0 aliphatic heterocycles. The minimum absolute atomic E-state index is 0.173. The molecule has 0 bridgehead atoms. The molecule has 4 aromatic rings. The van der Waals surface area contributed by atoms with Gasteiger partial charge >= 0.3 is 5.82 Å². The van der Waals surface area contributed by atoms with Crippen molar-refractivity contribution in [2.75, 3.05) is 0 Å². The molecule has 2 aromatic carbocycles. The van der Waals surface area contributed by atoms with Gasteiger partial charge in [0.2, 0.25) is 0 Å². The van der Waals surface area contributed by atoms with Gasteiger partial charge in [-0.05, 0) is 47.7 Å². The van der Waals surface area contributed by atoms with Crippen LogP contribution in [0.4, 0.5) is 5.82 Å². The lowest BCUT2D eigenvalue weighted by Gasteiger charge is -2.07. The van der Waals surface area contributed by atoms with Crippen LogP contribution in [0.5, 0.6) is 0 Å². The van der Waals surface area contributed by atoms with E-state index >= 15 is 0 Å². The van der Waals surface area contributed by atoms with E-state index < -0.39 is 4.92 Å². The first-order valence-corrected chi connectivity index (χ1v) is 10.3. The lowest BCUT2D eigenvalue weighted by Crippen LogP contribution is -2.13. The van der Waals surface area contributed by atoms with E-state index in [0.717, 1.165) is 31.5 Å². The van der Waals surface area contributed by atoms with Crippen molar-refractivity contribution in [1.82, 2.24) is 19.6 Å². The molecular weight excluding hydrogens is 502 g/mol. The van der Waals surface area contributed by atoms with Crippen LogP contribution in [0, 0.1) is 17.0 Å². The van der Waals surface area contributed by atoms with Crippen LogP contribution in [0.15, 0.2) is 69.6 Å². The van der Waals surface area contributed by atoms with E-state index in [2.05, 4.69) is 37.0 Å². The molecule has 4 rings (SSSR count). The molecule has 146 valence electrons. The summed E-state index contributed by atoms with van der Waals surface area (Å²) in [6.07, 6.45) is 0. The van der Waals surface area contributed by atoms with Crippen LogP contribution >= 0.6 is 31.9 Å². The van der Waals surface area contributed by atoms with E-state index in [0.29, 0.717) is 5.69 Å². The fraction of sp³-hybridized carbons (Fsp3) is 0.100. The molecule has 0 N–H and O–H groups in total. The highest BCUT2D eigenvalue weighted by molar-refractivity contribution is 9.10. The zero-order chi connectivity index (χ0) is 20.5. The maximum Gasteiger partial charge on any atom is 0.390 e. The average molecular weight is 517 g/mol. The predicted octanol–water partition coefficient (Wildman–Crippen LogP) is 5.66. The number of aromatic nitrogens is 4. The van der Waals surface area contributed by atoms with Gasteiger partial charge in [-0.3, -0.25) is 0 Å². The zero-order valence-electron chi connectivity index (χ0n) is 15.3. The van der Waals surface area contributed by atoms with Gasteiger partial charge in [0.15, 0.2) is 6.67 Å². The monoisotopic (exact) mass is 515 g/mol. The molecule has 0 radical (unpaired) electrons. The van der Waals surface area contributed by atoms with Crippen molar-refractivity contribution in [2.24, 2.45) is 0 Å². The molecule has 0 atom stereocenters. The van der Waals surface area contributed by atoms with Gasteiger partial charge in [0.1, 0.15) is 0 Å². The minimum Gasteiger partial charge on any atom is -0.358 e. The van der Waals surface area contributed by atoms with Crippen molar-refractivity contribution < 1.29 is 4.92 Å². The van der Waals surface area contributed by atoms with Crippen LogP contribution < -0.4 is 0 Å². The van der Waals surface area contributed by atoms with E-state index in [9.17, 15) is 10.1 Å². The second-order valence-electron chi connectivity index (χ2n) is 6.47. The summed E-state index contributed by atoms with van der Waals surface area (Å²) in [7, 11) is 0. The first-order chi connectivity index (χ1) is 13.9. The molecule has 0 fully saturated rings. The van der Waals surface area contributed by atoms with Crippen LogP contribution in [0.3, 0.4) is 0 Å². The van der Waals surface area contributed by atoms with Crippen molar-refractivity contribution in [3.8, 4) is 22.5 Å². The molecule has 9 heteroatoms. The second kappa shape index (κ2) is 7.92. The van der Waals surface area contributed by atoms with Crippen molar-refractivity contribution in [3.63, 3.8) is 0 Å². The van der Waals surface area contributed by atoms with Crippen LogP contribution in [0.25, 0.3) is 22.5 Å². The highest BCUT2D eigenvalue weighted by atomic mass is 79.9. The Bertz CT molecular complexity index is 1180. The number of nitrogens with zero attached hydrogens (tertiary/aromatic N) is 5. The maximum atomic E-state index is 11.1. The van der Waals surface area contributed by atoms with Crippen molar-refractivity contribution in [1.29, 1.82) is 0 Å². The smallest absolute Gasteiger partial charge is 0.358 e. The third-order valence-corrected chi connectivity index (χ3v) is 5.54. The predicted molar refractivity (Wildman–Crippen MR) is 118 cm³/mol. The zero-order valence-corrected chi connectivity index (χ0v) is 18.5. The standard InChI is InChI=1S/C20H15Br2N5O2/c1-13-10-20(27(28)29)24-25(13)12-26-19(15-4-8-17(22)9-5-15)11-18(23-26)14-2-6-16(21)7-3-14/h2-11H,12H2,1H3. The van der Waals surface area contributed by atoms with Gasteiger partial charge in [-0.15, -0.1) is 0 Å². The number of nitro groups is 1. The molecule has 2 aromatic heterocycles. The van der Waals surface area contributed by atoms with Crippen molar-refractivity contribution >= 4 is 37.7 Å². The average Bonchev–Trinajstić information content (AvgIpc) is 3.28. The van der Waals surface area contributed by atoms with Crippen LogP contribution in [0.2, 0.25) is 0 Å². The largest absolute Gasteiger partial charge is 0.390 e. The lowest BCUT2D eigenvalue weighted by atomic mass is 10.1. The first-order valence-electron chi connectivity index (χ1n) is 8.69. The Morgan fingerprint density at radius 1 is 0.897 bits per heavy atom. The van der Waals surface area contributed by atoms with Crippen LogP contribution in [-0.2, 0) is 6.67 Å². The quantitative estimate of drug-likeness (QED) is 0.253. The Labute approximate surface area is 183 Å². The Balaban J connectivity index is 1.79. The van der Waals surface area contributed by atoms with E-state index in [4.69, 9.17) is 5.10 Å². The van der Waals surface area contributed by atoms with Gasteiger partial charge in [-0.1, -0.05) is 56.1 Å². The summed E-state index contributed by atoms with van der Waals surface area (Å²) in [5.74, 6) is -0.173. The van der Waals surface area contributed by atoms with Gasteiger partial charge < -0.3 is 10.1 Å². The van der Waals surface area contributed by atoms with E-state index in [1.165, 1.54) is 6.07 Å². The molecule has 0 amide bonds. The summed E-state index contributed by atoms with van der Waals surface area (Å²) in [6, 6.07) is 19.3. The molecular formula is C20H15Br2N5O2. The van der Waals surface area contributed by atoms with Crippen LogP contribution in [-0.4, -0.2) is 24.5 Å². The maximum absolute atomic E-state index is 11.1. The molecule has 29 heavy (non-hydrogen) atoms. The Morgan fingerprint density at radius 2 is 1.48 bits per heavy atom. The third kappa shape index (κ3) is 4.15. The lowest BCUT2D eigenvalue weighted by molar-refractivity contribution is -0.389. The summed E-state index contributed by atoms with van der Waals surface area (Å²) in [4.78, 5) is 10.6. The fourth-order valence-corrected chi connectivity index (χ4v) is 3.52. The summed E-state index contributed by atoms with van der Waals surface area (Å²) < 4.78 is 5.37. The molecule has 7 nitrogen and oxygen atoms in total. The Kier molecular flexibility index (Phi) is 5.33. The number of halogens is 2. The number of aryl methyl sites for hydroxylation is 1. The van der Waals surface area contributed by atoms with E-state index in [1.54, 1.807) is 11.6 Å². The summed E-state index contributed by atoms with van der Waals surface area (Å²) in [5, 5.41) is 19.9. The van der Waals surface area contributed by atoms with Crippen molar-refractivity contribution in [2.45, 2.75) is 13.6 Å². The summed E-state index contributed by atoms with van der Waals surface area (Å²) in [5.41, 5.74) is 4.37. The Hall–Kier alpha value is -2.78. The molecule has 0 aliphatic rings. The van der Waals surface area contributed by atoms with Gasteiger partial charge in [-0.2, -0.15) is 9.78 Å². The molecule has 0 spiro atoms. The molecule has 0 saturated carbocycles. The fourth-order valence-electron chi connectivity index (χ4n) is 2.99.